The Hall–Kier alpha value is -2.23. The largest absolute Gasteiger partial charge is 0.677 e. The van der Waals surface area contributed by atoms with Gasteiger partial charge in [0.1, 0.15) is 22.8 Å². The smallest absolute Gasteiger partial charge is 0.270 e. The van der Waals surface area contributed by atoms with Crippen LogP contribution in [-0.2, 0) is 9.45 Å². The minimum Gasteiger partial charge on any atom is -0.677 e. The van der Waals surface area contributed by atoms with Crippen LogP contribution in [0.3, 0.4) is 0 Å². The maximum Gasteiger partial charge on any atom is 0.270 e. The van der Waals surface area contributed by atoms with E-state index < -0.39 is 105 Å². The molecule has 2 aromatic rings. The molecule has 0 radical (unpaired) electrons. The molecular formula is C23H23BF9O2P. The van der Waals surface area contributed by atoms with Crippen LogP contribution in [0.5, 0.6) is 0 Å². The summed E-state index contributed by atoms with van der Waals surface area (Å²) in [7, 11) is -3.58. The molecule has 36 heavy (non-hydrogen) atoms. The first kappa shape index (κ1) is 28.3. The third-order valence-electron chi connectivity index (χ3n) is 7.02. The Morgan fingerprint density at radius 3 is 1.33 bits per heavy atom. The average Bonchev–Trinajstić information content (AvgIpc) is 3.05. The van der Waals surface area contributed by atoms with Gasteiger partial charge in [-0.15, -0.1) is 0 Å². The molecule has 0 bridgehead atoms. The number of carbonyl (C=O) groups is 1. The summed E-state index contributed by atoms with van der Waals surface area (Å²) in [5.41, 5.74) is -2.98. The highest BCUT2D eigenvalue weighted by molar-refractivity contribution is 7.89. The van der Waals surface area contributed by atoms with Gasteiger partial charge in [-0.3, -0.25) is 4.79 Å². The molecule has 13 heteroatoms. The fourth-order valence-corrected chi connectivity index (χ4v) is 12.9. The second-order valence-electron chi connectivity index (χ2n) is 10.9. The lowest BCUT2D eigenvalue weighted by molar-refractivity contribution is -0.132. The standard InChI is InChI=1S/C23H23BF9O2P/c1-9(34)35-24(10-12(25)15(28)18(31)16(29)13(10)26)8-36(22(2,3)4,23(5,6)7)21-11(24)14(27)17(30)19(32)20(21)33/h8H2,1-7H3/t24-/m0/s1. The molecule has 1 atom stereocenters. The number of fused-ring (bicyclic) bond motifs is 1. The van der Waals surface area contributed by atoms with Crippen LogP contribution in [0.4, 0.5) is 39.5 Å². The van der Waals surface area contributed by atoms with E-state index in [0.717, 1.165) is 6.92 Å². The van der Waals surface area contributed by atoms with Gasteiger partial charge in [0.25, 0.3) is 12.3 Å². The molecule has 0 spiro atoms. The summed E-state index contributed by atoms with van der Waals surface area (Å²) < 4.78 is 139. The van der Waals surface area contributed by atoms with E-state index in [9.17, 15) is 26.7 Å². The van der Waals surface area contributed by atoms with Crippen molar-refractivity contribution < 1.29 is 49.0 Å². The second-order valence-corrected chi connectivity index (χ2v) is 16.0. The Morgan fingerprint density at radius 2 is 0.972 bits per heavy atom. The Bertz CT molecular complexity index is 1260. The van der Waals surface area contributed by atoms with Crippen molar-refractivity contribution in [1.82, 2.24) is 0 Å². The van der Waals surface area contributed by atoms with Crippen molar-refractivity contribution in [3.63, 3.8) is 0 Å². The Labute approximate surface area is 202 Å². The van der Waals surface area contributed by atoms with Crippen molar-refractivity contribution in [1.29, 1.82) is 0 Å². The van der Waals surface area contributed by atoms with Gasteiger partial charge >= 0.3 is 0 Å². The molecule has 1 aliphatic heterocycles. The first-order valence-electron chi connectivity index (χ1n) is 10.8. The molecule has 1 heterocycles. The summed E-state index contributed by atoms with van der Waals surface area (Å²) in [6.45, 7) is 9.93. The molecule has 0 saturated heterocycles. The lowest BCUT2D eigenvalue weighted by Crippen LogP contribution is -2.67. The van der Waals surface area contributed by atoms with E-state index >= 15 is 17.6 Å². The fourth-order valence-electron chi connectivity index (χ4n) is 5.93. The van der Waals surface area contributed by atoms with Gasteiger partial charge in [0, 0.05) is 14.2 Å². The Balaban J connectivity index is 2.77. The molecule has 2 aromatic carbocycles. The van der Waals surface area contributed by atoms with Gasteiger partial charge < -0.3 is 4.65 Å². The molecule has 3 rings (SSSR count). The zero-order chi connectivity index (χ0) is 27.9. The van der Waals surface area contributed by atoms with Gasteiger partial charge in [-0.2, -0.15) is 4.39 Å². The second kappa shape index (κ2) is 8.40. The summed E-state index contributed by atoms with van der Waals surface area (Å²) >= 11 is 0. The molecule has 0 aromatic heterocycles. The van der Waals surface area contributed by atoms with Gasteiger partial charge in [-0.25, -0.2) is 35.1 Å². The van der Waals surface area contributed by atoms with Gasteiger partial charge in [0.2, 0.25) is 11.6 Å². The SMILES string of the molecule is CC(=O)O[B@-]1(c2c(F)c(F)c(F)c(F)c2F)C[P+](C(C)(C)C)(C(C)(C)C)c2c(F)c(F)c(F)c(F)c21. The quantitative estimate of drug-likeness (QED) is 0.168. The summed E-state index contributed by atoms with van der Waals surface area (Å²) in [5.74, 6) is -22.2. The van der Waals surface area contributed by atoms with E-state index in [-0.39, 0.29) is 0 Å². The molecule has 0 fully saturated rings. The predicted molar refractivity (Wildman–Crippen MR) is 120 cm³/mol. The van der Waals surface area contributed by atoms with Crippen LogP contribution in [-0.4, -0.2) is 28.7 Å². The number of rotatable bonds is 2. The lowest BCUT2D eigenvalue weighted by atomic mass is 9.33. The zero-order valence-corrected chi connectivity index (χ0v) is 21.3. The Morgan fingerprint density at radius 1 is 0.639 bits per heavy atom. The van der Waals surface area contributed by atoms with Crippen molar-refractivity contribution >= 4 is 35.8 Å². The van der Waals surface area contributed by atoms with E-state index in [4.69, 9.17) is 4.65 Å². The van der Waals surface area contributed by atoms with Crippen LogP contribution in [0.1, 0.15) is 48.5 Å². The van der Waals surface area contributed by atoms with E-state index in [2.05, 4.69) is 0 Å². The highest BCUT2D eigenvalue weighted by Crippen LogP contribution is 2.78. The zero-order valence-electron chi connectivity index (χ0n) is 20.4. The molecule has 1 aliphatic rings. The van der Waals surface area contributed by atoms with Crippen molar-refractivity contribution in [2.45, 2.75) is 58.8 Å². The number of halogens is 9. The molecule has 198 valence electrons. The molecule has 0 unspecified atom stereocenters. The van der Waals surface area contributed by atoms with Crippen molar-refractivity contribution in [2.75, 3.05) is 6.06 Å². The minimum absolute atomic E-state index is 0.718. The lowest BCUT2D eigenvalue weighted by Gasteiger charge is -2.48. The van der Waals surface area contributed by atoms with Crippen molar-refractivity contribution in [2.24, 2.45) is 0 Å². The molecule has 0 N–H and O–H groups in total. The van der Waals surface area contributed by atoms with Crippen LogP contribution in [0.15, 0.2) is 0 Å². The highest BCUT2D eigenvalue weighted by atomic mass is 31.2. The monoisotopic (exact) mass is 544 g/mol. The third kappa shape index (κ3) is 3.50. The Kier molecular flexibility index (Phi) is 6.61. The molecule has 0 aliphatic carbocycles. The fraction of sp³-hybridized carbons (Fsp3) is 0.435. The summed E-state index contributed by atoms with van der Waals surface area (Å²) in [4.78, 5) is 12.2. The van der Waals surface area contributed by atoms with Crippen molar-refractivity contribution in [3.05, 3.63) is 52.4 Å². The molecule has 0 saturated carbocycles. The topological polar surface area (TPSA) is 26.3 Å². The van der Waals surface area contributed by atoms with E-state index in [1.807, 2.05) is 0 Å². The summed E-state index contributed by atoms with van der Waals surface area (Å²) in [6, 6.07) is -0.829. The normalized spacial score (nSPS) is 19.4. The first-order chi connectivity index (χ1) is 16.2. The summed E-state index contributed by atoms with van der Waals surface area (Å²) in [5, 5.41) is -3.08. The predicted octanol–water partition coefficient (Wildman–Crippen LogP) is 5.35. The number of hydrogen-bond acceptors (Lipinski definition) is 2. The van der Waals surface area contributed by atoms with E-state index in [0.29, 0.717) is 0 Å². The van der Waals surface area contributed by atoms with Gasteiger partial charge in [-0.1, -0.05) is 10.9 Å². The number of benzene rings is 2. The van der Waals surface area contributed by atoms with E-state index in [1.165, 1.54) is 41.5 Å². The third-order valence-corrected chi connectivity index (χ3v) is 13.9. The number of hydrogen-bond donors (Lipinski definition) is 0. The van der Waals surface area contributed by atoms with Gasteiger partial charge in [0.05, 0.1) is 10.3 Å². The molecule has 0 amide bonds. The minimum atomic E-state index is -4.18. The van der Waals surface area contributed by atoms with Crippen LogP contribution in [0, 0.1) is 52.4 Å². The van der Waals surface area contributed by atoms with Crippen LogP contribution in [0.2, 0.25) is 0 Å². The molecular weight excluding hydrogens is 521 g/mol. The maximum absolute atomic E-state index is 15.6. The van der Waals surface area contributed by atoms with Gasteiger partial charge in [-0.05, 0) is 47.6 Å². The van der Waals surface area contributed by atoms with Crippen LogP contribution < -0.4 is 16.2 Å². The molecule has 2 nitrogen and oxygen atoms in total. The first-order valence-corrected chi connectivity index (χ1v) is 12.8. The van der Waals surface area contributed by atoms with Gasteiger partial charge in [0.15, 0.2) is 23.3 Å². The number of carbonyl (C=O) groups excluding carboxylic acids is 1. The van der Waals surface area contributed by atoms with Crippen molar-refractivity contribution in [3.8, 4) is 0 Å². The highest BCUT2D eigenvalue weighted by Gasteiger charge is 2.70. The summed E-state index contributed by atoms with van der Waals surface area (Å²) in [6.07, 6.45) is -4.18. The van der Waals surface area contributed by atoms with Crippen LogP contribution in [0.25, 0.3) is 0 Å². The average molecular weight is 544 g/mol. The maximum atomic E-state index is 15.6. The van der Waals surface area contributed by atoms with E-state index in [1.54, 1.807) is 0 Å². The van der Waals surface area contributed by atoms with Crippen LogP contribution >= 0.6 is 7.26 Å².